The largest absolute Gasteiger partial charge is 0.463 e. The van der Waals surface area contributed by atoms with Crippen molar-refractivity contribution in [3.8, 4) is 0 Å². The first-order valence-electron chi connectivity index (χ1n) is 7.65. The van der Waals surface area contributed by atoms with E-state index in [0.717, 1.165) is 11.4 Å². The molecule has 3 N–H and O–H groups in total. The number of furan rings is 1. The Bertz CT molecular complexity index is 712. The first kappa shape index (κ1) is 15.3. The van der Waals surface area contributed by atoms with Gasteiger partial charge in [0.05, 0.1) is 17.6 Å². The number of rotatable bonds is 4. The van der Waals surface area contributed by atoms with Gasteiger partial charge in [0.1, 0.15) is 12.6 Å². The van der Waals surface area contributed by atoms with Crippen LogP contribution in [0.15, 0.2) is 47.1 Å². The summed E-state index contributed by atoms with van der Waals surface area (Å²) in [6.07, 6.45) is 1.62. The van der Waals surface area contributed by atoms with Crippen LogP contribution in [0.4, 0.5) is 11.4 Å². The number of quaternary nitrogens is 1. The smallest absolute Gasteiger partial charge is 0.285 e. The van der Waals surface area contributed by atoms with Crippen LogP contribution in [0.3, 0.4) is 0 Å². The summed E-state index contributed by atoms with van der Waals surface area (Å²) in [5.41, 5.74) is 1.41. The number of hydrogen-bond acceptors (Lipinski definition) is 3. The highest BCUT2D eigenvalue weighted by molar-refractivity contribution is 6.10. The summed E-state index contributed by atoms with van der Waals surface area (Å²) >= 11 is 0. The highest BCUT2D eigenvalue weighted by atomic mass is 16.3. The van der Waals surface area contributed by atoms with Gasteiger partial charge in [-0.05, 0) is 38.1 Å². The van der Waals surface area contributed by atoms with Crippen LogP contribution in [0.2, 0.25) is 0 Å². The Labute approximate surface area is 134 Å². The molecule has 2 aromatic rings. The number of hydrogen-bond donors (Lipinski definition) is 2. The normalized spacial score (nSPS) is 16.4. The third-order valence-electron chi connectivity index (χ3n) is 4.00. The fourth-order valence-electron chi connectivity index (χ4n) is 2.84. The Hall–Kier alpha value is -2.60. The molecule has 0 spiro atoms. The van der Waals surface area contributed by atoms with Crippen molar-refractivity contribution < 1.29 is 19.3 Å². The number of para-hydroxylation sites is 2. The second-order valence-electron chi connectivity index (χ2n) is 5.77. The lowest BCUT2D eigenvalue weighted by Gasteiger charge is -2.30. The first-order valence-corrected chi connectivity index (χ1v) is 7.65. The number of nitrogens with zero attached hydrogens (tertiary/aromatic N) is 1. The highest BCUT2D eigenvalue weighted by Crippen LogP contribution is 2.29. The molecule has 0 saturated carbocycles. The molecule has 1 aromatic carbocycles. The predicted molar refractivity (Wildman–Crippen MR) is 85.9 cm³/mol. The molecule has 1 aromatic heterocycles. The molecule has 23 heavy (non-hydrogen) atoms. The van der Waals surface area contributed by atoms with Gasteiger partial charge in [-0.2, -0.15) is 0 Å². The van der Waals surface area contributed by atoms with E-state index in [1.54, 1.807) is 17.2 Å². The van der Waals surface area contributed by atoms with Crippen molar-refractivity contribution in [3.63, 3.8) is 0 Å². The third-order valence-corrected chi connectivity index (χ3v) is 4.00. The Kier molecular flexibility index (Phi) is 4.16. The summed E-state index contributed by atoms with van der Waals surface area (Å²) in [5.74, 6) is 0.551. The molecule has 1 aliphatic rings. The van der Waals surface area contributed by atoms with Crippen molar-refractivity contribution in [2.45, 2.75) is 25.9 Å². The van der Waals surface area contributed by atoms with Gasteiger partial charge in [0.15, 0.2) is 11.8 Å². The van der Waals surface area contributed by atoms with Crippen LogP contribution in [0.1, 0.15) is 25.6 Å². The van der Waals surface area contributed by atoms with Gasteiger partial charge in [-0.3, -0.25) is 14.5 Å². The molecule has 0 fully saturated rings. The average molecular weight is 314 g/mol. The van der Waals surface area contributed by atoms with E-state index in [1.807, 2.05) is 49.5 Å². The molecule has 2 atom stereocenters. The third kappa shape index (κ3) is 3.12. The number of carbonyl (C=O) groups excluding carboxylic acids is 2. The number of benzene rings is 1. The highest BCUT2D eigenvalue weighted by Gasteiger charge is 2.32. The maximum atomic E-state index is 12.8. The average Bonchev–Trinajstić information content (AvgIpc) is 3.07. The van der Waals surface area contributed by atoms with Crippen LogP contribution in [0.5, 0.6) is 0 Å². The Morgan fingerprint density at radius 2 is 2.04 bits per heavy atom. The summed E-state index contributed by atoms with van der Waals surface area (Å²) in [4.78, 5) is 26.2. The minimum atomic E-state index is -0.325. The van der Waals surface area contributed by atoms with Gasteiger partial charge >= 0.3 is 0 Å². The van der Waals surface area contributed by atoms with Crippen LogP contribution in [-0.4, -0.2) is 24.4 Å². The molecule has 0 aliphatic carbocycles. The molecule has 3 rings (SSSR count). The molecule has 0 bridgehead atoms. The fraction of sp³-hybridized carbons (Fsp3) is 0.294. The lowest BCUT2D eigenvalue weighted by atomic mass is 10.1. The van der Waals surface area contributed by atoms with E-state index in [0.29, 0.717) is 5.69 Å². The van der Waals surface area contributed by atoms with E-state index in [9.17, 15) is 9.59 Å². The van der Waals surface area contributed by atoms with Crippen molar-refractivity contribution in [3.05, 3.63) is 48.4 Å². The van der Waals surface area contributed by atoms with Crippen LogP contribution < -0.4 is 15.5 Å². The summed E-state index contributed by atoms with van der Waals surface area (Å²) in [6, 6.07) is 10.8. The molecule has 1 aliphatic heterocycles. The van der Waals surface area contributed by atoms with Crippen LogP contribution in [0, 0.1) is 0 Å². The second-order valence-corrected chi connectivity index (χ2v) is 5.77. The molecular formula is C17H20N3O3+. The molecule has 120 valence electrons. The van der Waals surface area contributed by atoms with E-state index in [2.05, 4.69) is 5.32 Å². The quantitative estimate of drug-likeness (QED) is 0.892. The lowest BCUT2D eigenvalue weighted by Crippen LogP contribution is -2.92. The van der Waals surface area contributed by atoms with E-state index >= 15 is 0 Å². The van der Waals surface area contributed by atoms with Crippen molar-refractivity contribution >= 4 is 23.2 Å². The zero-order chi connectivity index (χ0) is 16.4. The predicted octanol–water partition coefficient (Wildman–Crippen LogP) is 1.28. The van der Waals surface area contributed by atoms with E-state index in [4.69, 9.17) is 4.42 Å². The molecular weight excluding hydrogens is 294 g/mol. The molecule has 6 heteroatoms. The molecule has 0 unspecified atom stereocenters. The topological polar surface area (TPSA) is 79.2 Å². The summed E-state index contributed by atoms with van der Waals surface area (Å²) < 4.78 is 5.37. The first-order chi connectivity index (χ1) is 11.1. The molecule has 2 amide bonds. The standard InChI is InChI=1S/C17H19N3O3/c1-11(15-8-5-9-23-15)18-12(2)17(22)20-10-16(21)19-13-6-3-4-7-14(13)20/h3-9,11-12,18H,10H2,1-2H3,(H,19,21)/p+1/t11-,12+/m0/s1. The Balaban J connectivity index is 1.76. The van der Waals surface area contributed by atoms with Crippen molar-refractivity contribution in [1.82, 2.24) is 0 Å². The van der Waals surface area contributed by atoms with Gasteiger partial charge < -0.3 is 15.1 Å². The lowest BCUT2D eigenvalue weighted by molar-refractivity contribution is -0.711. The SMILES string of the molecule is C[C@H]([NH2+][C@H](C)C(=O)N1CC(=O)Nc2ccccc21)c1ccco1. The zero-order valence-electron chi connectivity index (χ0n) is 13.2. The van der Waals surface area contributed by atoms with Crippen LogP contribution >= 0.6 is 0 Å². The summed E-state index contributed by atoms with van der Waals surface area (Å²) in [5, 5.41) is 4.73. The van der Waals surface area contributed by atoms with Crippen LogP contribution in [-0.2, 0) is 9.59 Å². The minimum absolute atomic E-state index is 0.0258. The minimum Gasteiger partial charge on any atom is -0.463 e. The van der Waals surface area contributed by atoms with E-state index in [-0.39, 0.29) is 30.4 Å². The maximum absolute atomic E-state index is 12.8. The number of amides is 2. The van der Waals surface area contributed by atoms with Gasteiger partial charge in [-0.25, -0.2) is 0 Å². The van der Waals surface area contributed by atoms with Gasteiger partial charge in [0, 0.05) is 0 Å². The van der Waals surface area contributed by atoms with Gasteiger partial charge in [-0.15, -0.1) is 0 Å². The van der Waals surface area contributed by atoms with E-state index in [1.165, 1.54) is 0 Å². The Morgan fingerprint density at radius 1 is 1.26 bits per heavy atom. The Morgan fingerprint density at radius 3 is 2.78 bits per heavy atom. The molecule has 0 radical (unpaired) electrons. The van der Waals surface area contributed by atoms with E-state index < -0.39 is 0 Å². The number of nitrogens with two attached hydrogens (primary N) is 1. The summed E-state index contributed by atoms with van der Waals surface area (Å²) in [7, 11) is 0. The van der Waals surface area contributed by atoms with Crippen molar-refractivity contribution in [2.75, 3.05) is 16.8 Å². The van der Waals surface area contributed by atoms with Crippen molar-refractivity contribution in [2.24, 2.45) is 0 Å². The van der Waals surface area contributed by atoms with Crippen LogP contribution in [0.25, 0.3) is 0 Å². The molecule has 6 nitrogen and oxygen atoms in total. The van der Waals surface area contributed by atoms with Gasteiger partial charge in [-0.1, -0.05) is 12.1 Å². The number of carbonyl (C=O) groups is 2. The molecule has 2 heterocycles. The van der Waals surface area contributed by atoms with Gasteiger partial charge in [0.25, 0.3) is 5.91 Å². The van der Waals surface area contributed by atoms with Crippen molar-refractivity contribution in [1.29, 1.82) is 0 Å². The fourth-order valence-corrected chi connectivity index (χ4v) is 2.84. The number of nitrogens with one attached hydrogen (secondary N) is 1. The van der Waals surface area contributed by atoms with Gasteiger partial charge in [0.2, 0.25) is 5.91 Å². The maximum Gasteiger partial charge on any atom is 0.285 e. The zero-order valence-corrected chi connectivity index (χ0v) is 13.2. The second kappa shape index (κ2) is 6.26. The number of anilines is 2. The number of fused-ring (bicyclic) bond motifs is 1. The molecule has 0 saturated heterocycles. The summed E-state index contributed by atoms with van der Waals surface area (Å²) in [6.45, 7) is 3.87. The monoisotopic (exact) mass is 314 g/mol.